The molecule has 0 fully saturated rings. The van der Waals surface area contributed by atoms with Gasteiger partial charge in [-0.3, -0.25) is 0 Å². The van der Waals surface area contributed by atoms with Crippen molar-refractivity contribution in [1.82, 2.24) is 0 Å². The average Bonchev–Trinajstić information content (AvgIpc) is 2.30. The van der Waals surface area contributed by atoms with Crippen molar-refractivity contribution in [3.63, 3.8) is 0 Å². The van der Waals surface area contributed by atoms with E-state index in [1.54, 1.807) is 0 Å². The summed E-state index contributed by atoms with van der Waals surface area (Å²) in [5.74, 6) is 1.12. The molecule has 1 rings (SSSR count). The van der Waals surface area contributed by atoms with E-state index < -0.39 is 5.54 Å². The third-order valence-corrected chi connectivity index (χ3v) is 3.61. The minimum Gasteiger partial charge on any atom is -0.394 e. The minimum absolute atomic E-state index is 0.0683. The van der Waals surface area contributed by atoms with Crippen LogP contribution in [0.1, 0.15) is 26.2 Å². The molecule has 3 N–H and O–H groups in total. The molecule has 1 unspecified atom stereocenters. The fourth-order valence-electron chi connectivity index (χ4n) is 1.42. The predicted molar refractivity (Wildman–Crippen MR) is 70.7 cm³/mol. The van der Waals surface area contributed by atoms with Crippen molar-refractivity contribution in [3.8, 4) is 0 Å². The number of rotatable bonds is 7. The molecule has 0 saturated heterocycles. The van der Waals surface area contributed by atoms with Crippen molar-refractivity contribution in [1.29, 1.82) is 0 Å². The van der Waals surface area contributed by atoms with Crippen LogP contribution in [-0.2, 0) is 0 Å². The number of benzene rings is 1. The smallest absolute Gasteiger partial charge is 0.0608 e. The molecule has 2 nitrogen and oxygen atoms in total. The molecule has 0 aromatic heterocycles. The van der Waals surface area contributed by atoms with Gasteiger partial charge >= 0.3 is 0 Å². The lowest BCUT2D eigenvalue weighted by Crippen LogP contribution is -2.39. The van der Waals surface area contributed by atoms with E-state index in [0.717, 1.165) is 25.0 Å². The van der Waals surface area contributed by atoms with Crippen LogP contribution in [0.5, 0.6) is 0 Å². The Labute approximate surface area is 102 Å². The fourth-order valence-corrected chi connectivity index (χ4v) is 2.35. The van der Waals surface area contributed by atoms with Crippen LogP contribution in [0.2, 0.25) is 0 Å². The molecule has 0 spiro atoms. The van der Waals surface area contributed by atoms with Crippen LogP contribution in [0.3, 0.4) is 0 Å². The zero-order valence-electron chi connectivity index (χ0n) is 9.86. The molecule has 0 saturated carbocycles. The molecule has 16 heavy (non-hydrogen) atoms. The first-order valence-electron chi connectivity index (χ1n) is 5.72. The number of hydrogen-bond donors (Lipinski definition) is 2. The zero-order chi connectivity index (χ0) is 11.9. The maximum Gasteiger partial charge on any atom is 0.0608 e. The molecule has 0 bridgehead atoms. The molecule has 3 heteroatoms. The second-order valence-corrected chi connectivity index (χ2v) is 5.60. The maximum atomic E-state index is 9.00. The summed E-state index contributed by atoms with van der Waals surface area (Å²) in [6.07, 6.45) is 3.11. The Balaban J connectivity index is 2.09. The van der Waals surface area contributed by atoms with Crippen LogP contribution < -0.4 is 5.73 Å². The summed E-state index contributed by atoms with van der Waals surface area (Å²) in [4.78, 5) is 1.32. The first-order valence-corrected chi connectivity index (χ1v) is 6.70. The van der Waals surface area contributed by atoms with E-state index in [4.69, 9.17) is 10.8 Å². The summed E-state index contributed by atoms with van der Waals surface area (Å²) in [7, 11) is 0. The minimum atomic E-state index is -0.405. The monoisotopic (exact) mass is 239 g/mol. The lowest BCUT2D eigenvalue weighted by molar-refractivity contribution is 0.198. The van der Waals surface area contributed by atoms with Crippen LogP contribution >= 0.6 is 11.8 Å². The zero-order valence-corrected chi connectivity index (χ0v) is 10.7. The molecule has 0 aliphatic heterocycles. The van der Waals surface area contributed by atoms with Gasteiger partial charge in [-0.2, -0.15) is 0 Å². The molecule has 0 aliphatic rings. The maximum absolute atomic E-state index is 9.00. The quantitative estimate of drug-likeness (QED) is 0.568. The highest BCUT2D eigenvalue weighted by atomic mass is 32.2. The van der Waals surface area contributed by atoms with Crippen LogP contribution in [-0.4, -0.2) is 23.0 Å². The van der Waals surface area contributed by atoms with E-state index in [9.17, 15) is 0 Å². The van der Waals surface area contributed by atoms with E-state index in [1.165, 1.54) is 4.90 Å². The molecule has 0 aliphatic carbocycles. The van der Waals surface area contributed by atoms with Crippen molar-refractivity contribution in [2.75, 3.05) is 12.4 Å². The van der Waals surface area contributed by atoms with Crippen molar-refractivity contribution in [2.45, 2.75) is 36.6 Å². The van der Waals surface area contributed by atoms with E-state index >= 15 is 0 Å². The number of aliphatic hydroxyl groups is 1. The summed E-state index contributed by atoms with van der Waals surface area (Å²) in [5, 5.41) is 9.00. The Bertz CT molecular complexity index is 287. The normalized spacial score (nSPS) is 14.7. The molecule has 1 aromatic rings. The molecular weight excluding hydrogens is 218 g/mol. The Morgan fingerprint density at radius 3 is 2.56 bits per heavy atom. The Hall–Kier alpha value is -0.510. The Kier molecular flexibility index (Phi) is 5.88. The van der Waals surface area contributed by atoms with Gasteiger partial charge in [-0.15, -0.1) is 11.8 Å². The van der Waals surface area contributed by atoms with Gasteiger partial charge in [0, 0.05) is 10.4 Å². The molecule has 0 heterocycles. The first kappa shape index (κ1) is 13.6. The molecular formula is C13H21NOS. The number of unbranched alkanes of at least 4 members (excludes halogenated alkanes) is 1. The molecule has 1 atom stereocenters. The van der Waals surface area contributed by atoms with E-state index in [1.807, 2.05) is 24.8 Å². The number of nitrogens with two attached hydrogens (primary N) is 1. The van der Waals surface area contributed by atoms with Crippen molar-refractivity contribution in [3.05, 3.63) is 30.3 Å². The molecule has 0 radical (unpaired) electrons. The summed E-state index contributed by atoms with van der Waals surface area (Å²) in [6.45, 7) is 1.97. The van der Waals surface area contributed by atoms with Gasteiger partial charge in [0.1, 0.15) is 0 Å². The molecule has 0 amide bonds. The SMILES string of the molecule is CC(N)(CO)CCCCSc1ccccc1. The lowest BCUT2D eigenvalue weighted by atomic mass is 9.98. The first-order chi connectivity index (χ1) is 7.64. The van der Waals surface area contributed by atoms with Crippen LogP contribution in [0.25, 0.3) is 0 Å². The van der Waals surface area contributed by atoms with Gasteiger partial charge in [0.05, 0.1) is 6.61 Å². The average molecular weight is 239 g/mol. The lowest BCUT2D eigenvalue weighted by Gasteiger charge is -2.21. The van der Waals surface area contributed by atoms with Gasteiger partial charge in [0.25, 0.3) is 0 Å². The van der Waals surface area contributed by atoms with Crippen molar-refractivity contribution >= 4 is 11.8 Å². The van der Waals surface area contributed by atoms with Crippen LogP contribution in [0.15, 0.2) is 35.2 Å². The Morgan fingerprint density at radius 1 is 1.25 bits per heavy atom. The van der Waals surface area contributed by atoms with Crippen molar-refractivity contribution in [2.24, 2.45) is 5.73 Å². The summed E-state index contributed by atoms with van der Waals surface area (Å²) in [5.41, 5.74) is 5.45. The number of aliphatic hydroxyl groups excluding tert-OH is 1. The second kappa shape index (κ2) is 6.94. The third-order valence-electron chi connectivity index (χ3n) is 2.52. The summed E-state index contributed by atoms with van der Waals surface area (Å²) >= 11 is 1.88. The van der Waals surface area contributed by atoms with Crippen LogP contribution in [0.4, 0.5) is 0 Å². The number of hydrogen-bond acceptors (Lipinski definition) is 3. The fraction of sp³-hybridized carbons (Fsp3) is 0.538. The topological polar surface area (TPSA) is 46.2 Å². The standard InChI is InChI=1S/C13H21NOS/c1-13(14,11-15)9-5-6-10-16-12-7-3-2-4-8-12/h2-4,7-8,15H,5-6,9-11,14H2,1H3. The highest BCUT2D eigenvalue weighted by molar-refractivity contribution is 7.99. The highest BCUT2D eigenvalue weighted by Crippen LogP contribution is 2.19. The van der Waals surface area contributed by atoms with Crippen LogP contribution in [0, 0.1) is 0 Å². The van der Waals surface area contributed by atoms with Gasteiger partial charge in [-0.25, -0.2) is 0 Å². The van der Waals surface area contributed by atoms with Gasteiger partial charge < -0.3 is 10.8 Å². The summed E-state index contributed by atoms with van der Waals surface area (Å²) < 4.78 is 0. The molecule has 90 valence electrons. The largest absolute Gasteiger partial charge is 0.394 e. The van der Waals surface area contributed by atoms with E-state index in [2.05, 4.69) is 24.3 Å². The van der Waals surface area contributed by atoms with Gasteiger partial charge in [0.2, 0.25) is 0 Å². The number of thioether (sulfide) groups is 1. The van der Waals surface area contributed by atoms with Crippen molar-refractivity contribution < 1.29 is 5.11 Å². The highest BCUT2D eigenvalue weighted by Gasteiger charge is 2.15. The Morgan fingerprint density at radius 2 is 1.94 bits per heavy atom. The molecule has 1 aromatic carbocycles. The van der Waals surface area contributed by atoms with Gasteiger partial charge in [-0.05, 0) is 37.7 Å². The van der Waals surface area contributed by atoms with Gasteiger partial charge in [0.15, 0.2) is 0 Å². The van der Waals surface area contributed by atoms with E-state index in [-0.39, 0.29) is 6.61 Å². The van der Waals surface area contributed by atoms with Gasteiger partial charge in [-0.1, -0.05) is 24.6 Å². The predicted octanol–water partition coefficient (Wildman–Crippen LogP) is 2.66. The van der Waals surface area contributed by atoms with E-state index in [0.29, 0.717) is 0 Å². The third kappa shape index (κ3) is 5.54. The summed E-state index contributed by atoms with van der Waals surface area (Å²) in [6, 6.07) is 10.4. The second-order valence-electron chi connectivity index (χ2n) is 4.43.